The summed E-state index contributed by atoms with van der Waals surface area (Å²) in [6.45, 7) is 6.44. The summed E-state index contributed by atoms with van der Waals surface area (Å²) in [5.74, 6) is -0.902. The van der Waals surface area contributed by atoms with Gasteiger partial charge in [0, 0.05) is 18.0 Å². The second kappa shape index (κ2) is 7.80. The molecule has 0 aliphatic carbocycles. The van der Waals surface area contributed by atoms with Crippen molar-refractivity contribution in [3.8, 4) is 0 Å². The third-order valence-corrected chi connectivity index (χ3v) is 4.80. The number of carbonyl (C=O) groups excluding carboxylic acids is 2. The van der Waals surface area contributed by atoms with Crippen molar-refractivity contribution in [3.63, 3.8) is 0 Å². The summed E-state index contributed by atoms with van der Waals surface area (Å²) >= 11 is 0. The first kappa shape index (κ1) is 19.5. The highest BCUT2D eigenvalue weighted by Crippen LogP contribution is 2.22. The van der Waals surface area contributed by atoms with Crippen molar-refractivity contribution in [1.82, 2.24) is 10.3 Å². The molecule has 1 aromatic heterocycles. The average Bonchev–Trinajstić information content (AvgIpc) is 2.66. The molecule has 0 unspecified atom stereocenters. The molecular weight excluding hydrogens is 350 g/mol. The zero-order valence-electron chi connectivity index (χ0n) is 16.4. The molecule has 5 nitrogen and oxygen atoms in total. The molecule has 3 N–H and O–H groups in total. The number of pyridine rings is 1. The van der Waals surface area contributed by atoms with Crippen molar-refractivity contribution in [2.24, 2.45) is 5.73 Å². The summed E-state index contributed by atoms with van der Waals surface area (Å²) in [6.07, 6.45) is 1.93. The summed E-state index contributed by atoms with van der Waals surface area (Å²) in [7, 11) is 0. The SMILES string of the molecule is CC(C)(C)c1ccc(C[C@H](NC(=O)c2ccnc3ccccc23)C(N)=O)cc1. The Bertz CT molecular complexity index is 999. The second-order valence-corrected chi connectivity index (χ2v) is 7.96. The monoisotopic (exact) mass is 375 g/mol. The van der Waals surface area contributed by atoms with Crippen LogP contribution in [0.15, 0.2) is 60.8 Å². The van der Waals surface area contributed by atoms with Crippen molar-refractivity contribution >= 4 is 22.7 Å². The number of nitrogens with one attached hydrogen (secondary N) is 1. The highest BCUT2D eigenvalue weighted by Gasteiger charge is 2.21. The Balaban J connectivity index is 1.79. The molecule has 0 saturated heterocycles. The topological polar surface area (TPSA) is 85.1 Å². The zero-order chi connectivity index (χ0) is 20.3. The smallest absolute Gasteiger partial charge is 0.252 e. The van der Waals surface area contributed by atoms with Crippen LogP contribution in [0.2, 0.25) is 0 Å². The van der Waals surface area contributed by atoms with Gasteiger partial charge in [0.15, 0.2) is 0 Å². The Morgan fingerprint density at radius 3 is 2.36 bits per heavy atom. The first-order valence-electron chi connectivity index (χ1n) is 9.29. The fourth-order valence-corrected chi connectivity index (χ4v) is 3.13. The molecule has 0 bridgehead atoms. The number of fused-ring (bicyclic) bond motifs is 1. The first-order chi connectivity index (χ1) is 13.3. The van der Waals surface area contributed by atoms with Gasteiger partial charge in [0.05, 0.1) is 11.1 Å². The van der Waals surface area contributed by atoms with Crippen molar-refractivity contribution in [3.05, 3.63) is 77.5 Å². The predicted molar refractivity (Wildman–Crippen MR) is 111 cm³/mol. The molecule has 1 atom stereocenters. The van der Waals surface area contributed by atoms with E-state index in [4.69, 9.17) is 5.73 Å². The fraction of sp³-hybridized carbons (Fsp3) is 0.261. The minimum Gasteiger partial charge on any atom is -0.368 e. The van der Waals surface area contributed by atoms with Crippen LogP contribution < -0.4 is 11.1 Å². The maximum absolute atomic E-state index is 12.8. The number of rotatable bonds is 5. The fourth-order valence-electron chi connectivity index (χ4n) is 3.13. The van der Waals surface area contributed by atoms with Crippen LogP contribution in [0.1, 0.15) is 42.3 Å². The molecule has 0 fully saturated rings. The van der Waals surface area contributed by atoms with Gasteiger partial charge in [0.1, 0.15) is 6.04 Å². The Morgan fingerprint density at radius 2 is 1.71 bits per heavy atom. The largest absolute Gasteiger partial charge is 0.368 e. The van der Waals surface area contributed by atoms with Crippen LogP contribution in [-0.4, -0.2) is 22.8 Å². The maximum Gasteiger partial charge on any atom is 0.252 e. The molecule has 3 aromatic rings. The van der Waals surface area contributed by atoms with Gasteiger partial charge in [0.2, 0.25) is 5.91 Å². The van der Waals surface area contributed by atoms with E-state index >= 15 is 0 Å². The lowest BCUT2D eigenvalue weighted by Crippen LogP contribution is -2.45. The van der Waals surface area contributed by atoms with Gasteiger partial charge in [-0.3, -0.25) is 14.6 Å². The third-order valence-electron chi connectivity index (χ3n) is 4.80. The number of aromatic nitrogens is 1. The van der Waals surface area contributed by atoms with E-state index in [0.29, 0.717) is 12.0 Å². The van der Waals surface area contributed by atoms with E-state index in [1.807, 2.05) is 48.5 Å². The molecule has 0 aliphatic rings. The lowest BCUT2D eigenvalue weighted by molar-refractivity contribution is -0.119. The van der Waals surface area contributed by atoms with Crippen LogP contribution in [0.4, 0.5) is 0 Å². The molecule has 144 valence electrons. The Morgan fingerprint density at radius 1 is 1.04 bits per heavy atom. The molecule has 0 spiro atoms. The van der Waals surface area contributed by atoms with E-state index < -0.39 is 11.9 Å². The standard InChI is InChI=1S/C23H25N3O2/c1-23(2,3)16-10-8-15(9-11-16)14-20(21(24)27)26-22(28)18-12-13-25-19-7-5-4-6-17(18)19/h4-13,20H,14H2,1-3H3,(H2,24,27)(H,26,28)/t20-/m0/s1. The number of primary amides is 1. The van der Waals surface area contributed by atoms with E-state index in [2.05, 4.69) is 31.1 Å². The summed E-state index contributed by atoms with van der Waals surface area (Å²) < 4.78 is 0. The average molecular weight is 375 g/mol. The number of amides is 2. The molecule has 3 rings (SSSR count). The molecule has 2 aromatic carbocycles. The quantitative estimate of drug-likeness (QED) is 0.717. The third kappa shape index (κ3) is 4.36. The number of carbonyl (C=O) groups is 2. The molecule has 5 heteroatoms. The van der Waals surface area contributed by atoms with E-state index in [1.54, 1.807) is 12.3 Å². The number of hydrogen-bond acceptors (Lipinski definition) is 3. The van der Waals surface area contributed by atoms with Crippen molar-refractivity contribution < 1.29 is 9.59 Å². The van der Waals surface area contributed by atoms with E-state index in [0.717, 1.165) is 16.5 Å². The van der Waals surface area contributed by atoms with Crippen molar-refractivity contribution in [2.45, 2.75) is 38.6 Å². The minimum absolute atomic E-state index is 0.0538. The van der Waals surface area contributed by atoms with E-state index in [-0.39, 0.29) is 11.3 Å². The van der Waals surface area contributed by atoms with E-state index in [9.17, 15) is 9.59 Å². The molecule has 0 saturated carbocycles. The van der Waals surface area contributed by atoms with Crippen LogP contribution >= 0.6 is 0 Å². The van der Waals surface area contributed by atoms with Gasteiger partial charge in [0.25, 0.3) is 5.91 Å². The lowest BCUT2D eigenvalue weighted by Gasteiger charge is -2.20. The Kier molecular flexibility index (Phi) is 5.45. The van der Waals surface area contributed by atoms with Crippen molar-refractivity contribution in [1.29, 1.82) is 0 Å². The van der Waals surface area contributed by atoms with Gasteiger partial charge in [-0.2, -0.15) is 0 Å². The highest BCUT2D eigenvalue weighted by atomic mass is 16.2. The van der Waals surface area contributed by atoms with Crippen molar-refractivity contribution in [2.75, 3.05) is 0 Å². The summed E-state index contributed by atoms with van der Waals surface area (Å²) in [5, 5.41) is 3.51. The lowest BCUT2D eigenvalue weighted by atomic mass is 9.86. The number of nitrogens with zero attached hydrogens (tertiary/aromatic N) is 1. The normalized spacial score (nSPS) is 12.5. The number of nitrogens with two attached hydrogens (primary N) is 1. The van der Waals surface area contributed by atoms with Crippen LogP contribution in [-0.2, 0) is 16.6 Å². The van der Waals surface area contributed by atoms with Gasteiger partial charge in [-0.1, -0.05) is 63.2 Å². The van der Waals surface area contributed by atoms with Crippen LogP contribution in [0.25, 0.3) is 10.9 Å². The van der Waals surface area contributed by atoms with Gasteiger partial charge < -0.3 is 11.1 Å². The summed E-state index contributed by atoms with van der Waals surface area (Å²) in [5.41, 5.74) is 8.96. The Hall–Kier alpha value is -3.21. The first-order valence-corrected chi connectivity index (χ1v) is 9.29. The molecule has 2 amide bonds. The molecule has 0 aliphatic heterocycles. The van der Waals surface area contributed by atoms with Gasteiger partial charge in [-0.15, -0.1) is 0 Å². The number of benzene rings is 2. The number of hydrogen-bond donors (Lipinski definition) is 2. The molecular formula is C23H25N3O2. The van der Waals surface area contributed by atoms with Crippen LogP contribution in [0.5, 0.6) is 0 Å². The van der Waals surface area contributed by atoms with Gasteiger partial charge in [-0.05, 0) is 28.7 Å². The highest BCUT2D eigenvalue weighted by molar-refractivity contribution is 6.07. The Labute approximate surface area is 165 Å². The van der Waals surface area contributed by atoms with Crippen LogP contribution in [0.3, 0.4) is 0 Å². The summed E-state index contributed by atoms with van der Waals surface area (Å²) in [4.78, 5) is 29.0. The second-order valence-electron chi connectivity index (χ2n) is 7.96. The maximum atomic E-state index is 12.8. The molecule has 1 heterocycles. The molecule has 28 heavy (non-hydrogen) atoms. The zero-order valence-corrected chi connectivity index (χ0v) is 16.4. The molecule has 0 radical (unpaired) electrons. The number of para-hydroxylation sites is 1. The van der Waals surface area contributed by atoms with E-state index in [1.165, 1.54) is 5.56 Å². The van der Waals surface area contributed by atoms with Gasteiger partial charge >= 0.3 is 0 Å². The van der Waals surface area contributed by atoms with Crippen LogP contribution in [0, 0.1) is 0 Å². The minimum atomic E-state index is -0.792. The summed E-state index contributed by atoms with van der Waals surface area (Å²) in [6, 6.07) is 16.3. The predicted octanol–water partition coefficient (Wildman–Crippen LogP) is 3.36. The van der Waals surface area contributed by atoms with Gasteiger partial charge in [-0.25, -0.2) is 0 Å².